The number of benzene rings is 1. The van der Waals surface area contributed by atoms with Crippen LogP contribution in [0.3, 0.4) is 0 Å². The number of hydrogen-bond donors (Lipinski definition) is 1. The Kier molecular flexibility index (Phi) is 4.41. The molecule has 104 valence electrons. The molecule has 20 heavy (non-hydrogen) atoms. The third-order valence-electron chi connectivity index (χ3n) is 3.70. The Morgan fingerprint density at radius 2 is 2.00 bits per heavy atom. The summed E-state index contributed by atoms with van der Waals surface area (Å²) >= 11 is 0. The molecule has 0 radical (unpaired) electrons. The monoisotopic (exact) mass is 268 g/mol. The number of pyridine rings is 1. The maximum absolute atomic E-state index is 5.38. The van der Waals surface area contributed by atoms with Crippen LogP contribution in [0.1, 0.15) is 18.4 Å². The molecule has 1 fully saturated rings. The van der Waals surface area contributed by atoms with Gasteiger partial charge in [-0.1, -0.05) is 24.3 Å². The van der Waals surface area contributed by atoms with E-state index in [9.17, 15) is 0 Å². The highest BCUT2D eigenvalue weighted by atomic mass is 16.5. The van der Waals surface area contributed by atoms with Crippen molar-refractivity contribution in [1.82, 2.24) is 10.3 Å². The molecule has 1 aliphatic rings. The number of nitrogens with zero attached hydrogens (tertiary/aromatic N) is 1. The van der Waals surface area contributed by atoms with Crippen LogP contribution in [0.25, 0.3) is 11.3 Å². The lowest BCUT2D eigenvalue weighted by molar-refractivity contribution is 0.0776. The second-order valence-electron chi connectivity index (χ2n) is 5.18. The van der Waals surface area contributed by atoms with Crippen molar-refractivity contribution in [3.8, 4) is 11.3 Å². The number of aromatic nitrogens is 1. The molecule has 0 atom stereocenters. The van der Waals surface area contributed by atoms with Crippen molar-refractivity contribution in [2.24, 2.45) is 0 Å². The molecule has 1 aromatic carbocycles. The Morgan fingerprint density at radius 3 is 2.80 bits per heavy atom. The number of hydrogen-bond acceptors (Lipinski definition) is 3. The summed E-state index contributed by atoms with van der Waals surface area (Å²) in [5, 5.41) is 3.62. The van der Waals surface area contributed by atoms with E-state index in [0.717, 1.165) is 38.3 Å². The van der Waals surface area contributed by atoms with Gasteiger partial charge in [-0.3, -0.25) is 4.98 Å². The average molecular weight is 268 g/mol. The maximum Gasteiger partial charge on any atom is 0.0702 e. The van der Waals surface area contributed by atoms with Gasteiger partial charge in [0.25, 0.3) is 0 Å². The van der Waals surface area contributed by atoms with Crippen LogP contribution >= 0.6 is 0 Å². The quantitative estimate of drug-likeness (QED) is 0.925. The van der Waals surface area contributed by atoms with Crippen LogP contribution in [-0.2, 0) is 11.3 Å². The van der Waals surface area contributed by atoms with E-state index in [4.69, 9.17) is 4.74 Å². The third-order valence-corrected chi connectivity index (χ3v) is 3.70. The van der Waals surface area contributed by atoms with E-state index in [1.54, 1.807) is 0 Å². The Bertz CT molecular complexity index is 536. The first-order valence-electron chi connectivity index (χ1n) is 7.23. The largest absolute Gasteiger partial charge is 0.381 e. The minimum atomic E-state index is 0.585. The summed E-state index contributed by atoms with van der Waals surface area (Å²) < 4.78 is 5.38. The number of rotatable bonds is 4. The normalized spacial score (nSPS) is 16.2. The summed E-state index contributed by atoms with van der Waals surface area (Å²) in [6, 6.07) is 15.2. The van der Waals surface area contributed by atoms with E-state index in [-0.39, 0.29) is 0 Å². The fourth-order valence-electron chi connectivity index (χ4n) is 2.54. The molecule has 0 amide bonds. The first-order chi connectivity index (χ1) is 9.92. The van der Waals surface area contributed by atoms with Crippen LogP contribution in [-0.4, -0.2) is 24.2 Å². The zero-order chi connectivity index (χ0) is 13.6. The van der Waals surface area contributed by atoms with Gasteiger partial charge >= 0.3 is 0 Å². The Balaban J connectivity index is 1.65. The van der Waals surface area contributed by atoms with Crippen LogP contribution in [0.2, 0.25) is 0 Å². The van der Waals surface area contributed by atoms with E-state index in [1.807, 2.05) is 24.4 Å². The van der Waals surface area contributed by atoms with Gasteiger partial charge in [-0.05, 0) is 36.6 Å². The molecule has 1 aliphatic heterocycles. The van der Waals surface area contributed by atoms with Gasteiger partial charge in [0.05, 0.1) is 5.69 Å². The average Bonchev–Trinajstić information content (AvgIpc) is 2.55. The lowest BCUT2D eigenvalue weighted by Crippen LogP contribution is -2.34. The van der Waals surface area contributed by atoms with Gasteiger partial charge < -0.3 is 10.1 Å². The Morgan fingerprint density at radius 1 is 1.10 bits per heavy atom. The molecule has 0 bridgehead atoms. The zero-order valence-corrected chi connectivity index (χ0v) is 11.6. The van der Waals surface area contributed by atoms with E-state index >= 15 is 0 Å². The van der Waals surface area contributed by atoms with E-state index < -0.39 is 0 Å². The van der Waals surface area contributed by atoms with Crippen LogP contribution in [0.4, 0.5) is 0 Å². The van der Waals surface area contributed by atoms with Crippen molar-refractivity contribution >= 4 is 0 Å². The fourth-order valence-corrected chi connectivity index (χ4v) is 2.54. The standard InChI is InChI=1S/C17H20N2O/c1-2-9-18-17(6-1)15-5-3-4-14(12-15)13-19-16-7-10-20-11-8-16/h1-6,9,12,16,19H,7-8,10-11,13H2. The lowest BCUT2D eigenvalue weighted by Gasteiger charge is -2.23. The summed E-state index contributed by atoms with van der Waals surface area (Å²) in [5.41, 5.74) is 3.51. The lowest BCUT2D eigenvalue weighted by atomic mass is 10.1. The van der Waals surface area contributed by atoms with Crippen molar-refractivity contribution in [2.45, 2.75) is 25.4 Å². The van der Waals surface area contributed by atoms with Crippen molar-refractivity contribution in [3.05, 3.63) is 54.2 Å². The molecular weight excluding hydrogens is 248 g/mol. The van der Waals surface area contributed by atoms with E-state index in [2.05, 4.69) is 34.6 Å². The topological polar surface area (TPSA) is 34.1 Å². The highest BCUT2D eigenvalue weighted by Crippen LogP contribution is 2.18. The van der Waals surface area contributed by atoms with Crippen LogP contribution in [0.15, 0.2) is 48.7 Å². The van der Waals surface area contributed by atoms with E-state index in [0.29, 0.717) is 6.04 Å². The summed E-state index contributed by atoms with van der Waals surface area (Å²) in [7, 11) is 0. The number of ether oxygens (including phenoxy) is 1. The van der Waals surface area contributed by atoms with E-state index in [1.165, 1.54) is 11.1 Å². The van der Waals surface area contributed by atoms with Crippen molar-refractivity contribution in [2.75, 3.05) is 13.2 Å². The van der Waals surface area contributed by atoms with Gasteiger partial charge in [0.1, 0.15) is 0 Å². The number of nitrogens with one attached hydrogen (secondary N) is 1. The Hall–Kier alpha value is -1.71. The molecule has 3 nitrogen and oxygen atoms in total. The van der Waals surface area contributed by atoms with Gasteiger partial charge in [-0.15, -0.1) is 0 Å². The minimum Gasteiger partial charge on any atom is -0.381 e. The summed E-state index contributed by atoms with van der Waals surface area (Å²) in [6.07, 6.45) is 4.06. The molecule has 3 heteroatoms. The molecule has 0 spiro atoms. The fraction of sp³-hybridized carbons (Fsp3) is 0.353. The molecule has 0 saturated carbocycles. The second-order valence-corrected chi connectivity index (χ2v) is 5.18. The summed E-state index contributed by atoms with van der Waals surface area (Å²) in [6.45, 7) is 2.67. The van der Waals surface area contributed by atoms with Crippen molar-refractivity contribution in [1.29, 1.82) is 0 Å². The van der Waals surface area contributed by atoms with Crippen molar-refractivity contribution < 1.29 is 4.74 Å². The van der Waals surface area contributed by atoms with Crippen LogP contribution in [0, 0.1) is 0 Å². The summed E-state index contributed by atoms with van der Waals surface area (Å²) in [4.78, 5) is 4.40. The highest BCUT2D eigenvalue weighted by molar-refractivity contribution is 5.59. The van der Waals surface area contributed by atoms with Gasteiger partial charge in [-0.2, -0.15) is 0 Å². The van der Waals surface area contributed by atoms with Crippen LogP contribution < -0.4 is 5.32 Å². The molecule has 0 unspecified atom stereocenters. The zero-order valence-electron chi connectivity index (χ0n) is 11.6. The van der Waals surface area contributed by atoms with Gasteiger partial charge in [0, 0.05) is 37.6 Å². The van der Waals surface area contributed by atoms with Gasteiger partial charge in [0.2, 0.25) is 0 Å². The second kappa shape index (κ2) is 6.64. The molecule has 2 heterocycles. The van der Waals surface area contributed by atoms with Crippen molar-refractivity contribution in [3.63, 3.8) is 0 Å². The van der Waals surface area contributed by atoms with Crippen LogP contribution in [0.5, 0.6) is 0 Å². The first-order valence-corrected chi connectivity index (χ1v) is 7.23. The molecule has 0 aliphatic carbocycles. The molecule has 1 aromatic heterocycles. The molecule has 3 rings (SSSR count). The molecule has 2 aromatic rings. The smallest absolute Gasteiger partial charge is 0.0702 e. The highest BCUT2D eigenvalue weighted by Gasteiger charge is 2.12. The predicted molar refractivity (Wildman–Crippen MR) is 80.4 cm³/mol. The Labute approximate surface area is 120 Å². The molecule has 1 N–H and O–H groups in total. The molecular formula is C17H20N2O. The predicted octanol–water partition coefficient (Wildman–Crippen LogP) is 3.02. The van der Waals surface area contributed by atoms with Gasteiger partial charge in [-0.25, -0.2) is 0 Å². The SMILES string of the molecule is c1ccc(-c2cccc(CNC3CCOCC3)c2)nc1. The molecule has 1 saturated heterocycles. The third kappa shape index (κ3) is 3.44. The maximum atomic E-state index is 5.38. The minimum absolute atomic E-state index is 0.585. The first kappa shape index (κ1) is 13.3. The summed E-state index contributed by atoms with van der Waals surface area (Å²) in [5.74, 6) is 0. The van der Waals surface area contributed by atoms with Gasteiger partial charge in [0.15, 0.2) is 0 Å².